The molecule has 0 bridgehead atoms. The molecule has 1 fully saturated rings. The molecule has 4 nitrogen and oxygen atoms in total. The van der Waals surface area contributed by atoms with Gasteiger partial charge >= 0.3 is 0 Å². The molecule has 1 aliphatic heterocycles. The standard InChI is InChI=1S/C10H22N2O2S/c1-4-7-15(13,14)12-6-5-11-8-10(2,3)9-12/h11H,4-9H2,1-3H3. The van der Waals surface area contributed by atoms with Gasteiger partial charge in [-0.25, -0.2) is 12.7 Å². The molecule has 1 aliphatic rings. The van der Waals surface area contributed by atoms with Crippen LogP contribution in [-0.4, -0.2) is 44.7 Å². The second kappa shape index (κ2) is 4.80. The highest BCUT2D eigenvalue weighted by molar-refractivity contribution is 7.89. The summed E-state index contributed by atoms with van der Waals surface area (Å²) in [6.45, 7) is 8.96. The summed E-state index contributed by atoms with van der Waals surface area (Å²) in [6.07, 6.45) is 0.687. The van der Waals surface area contributed by atoms with Crippen molar-refractivity contribution in [1.29, 1.82) is 0 Å². The quantitative estimate of drug-likeness (QED) is 0.780. The van der Waals surface area contributed by atoms with Crippen LogP contribution < -0.4 is 5.32 Å². The average molecular weight is 234 g/mol. The molecule has 0 unspecified atom stereocenters. The van der Waals surface area contributed by atoms with Crippen LogP contribution in [0.4, 0.5) is 0 Å². The summed E-state index contributed by atoms with van der Waals surface area (Å²) in [5.74, 6) is 0.267. The molecule has 0 aliphatic carbocycles. The molecule has 0 aromatic carbocycles. The van der Waals surface area contributed by atoms with Gasteiger partial charge in [0.1, 0.15) is 0 Å². The second-order valence-corrected chi connectivity index (χ2v) is 7.08. The third-order valence-electron chi connectivity index (χ3n) is 2.60. The molecule has 0 radical (unpaired) electrons. The molecule has 5 heteroatoms. The predicted molar refractivity (Wildman–Crippen MR) is 62.3 cm³/mol. The first-order valence-electron chi connectivity index (χ1n) is 5.56. The van der Waals surface area contributed by atoms with Crippen molar-refractivity contribution in [2.45, 2.75) is 27.2 Å². The molecule has 90 valence electrons. The van der Waals surface area contributed by atoms with E-state index in [9.17, 15) is 8.42 Å². The highest BCUT2D eigenvalue weighted by Gasteiger charge is 2.30. The van der Waals surface area contributed by atoms with Gasteiger partial charge in [-0.2, -0.15) is 0 Å². The van der Waals surface area contributed by atoms with Gasteiger partial charge in [0.05, 0.1) is 5.75 Å². The van der Waals surface area contributed by atoms with E-state index in [1.807, 2.05) is 6.92 Å². The minimum absolute atomic E-state index is 0.0251. The van der Waals surface area contributed by atoms with Gasteiger partial charge in [0.15, 0.2) is 0 Å². The fraction of sp³-hybridized carbons (Fsp3) is 1.00. The number of hydrogen-bond acceptors (Lipinski definition) is 3. The van der Waals surface area contributed by atoms with Crippen LogP contribution in [0.15, 0.2) is 0 Å². The van der Waals surface area contributed by atoms with Crippen LogP contribution in [-0.2, 0) is 10.0 Å². The maximum Gasteiger partial charge on any atom is 0.214 e. The number of hydrogen-bond donors (Lipinski definition) is 1. The van der Waals surface area contributed by atoms with Crippen LogP contribution in [0.2, 0.25) is 0 Å². The number of nitrogens with zero attached hydrogens (tertiary/aromatic N) is 1. The molecule has 1 heterocycles. The number of nitrogens with one attached hydrogen (secondary N) is 1. The molecular formula is C10H22N2O2S. The molecular weight excluding hydrogens is 212 g/mol. The van der Waals surface area contributed by atoms with Crippen molar-refractivity contribution >= 4 is 10.0 Å². The first kappa shape index (κ1) is 12.9. The largest absolute Gasteiger partial charge is 0.315 e. The molecule has 1 saturated heterocycles. The van der Waals surface area contributed by atoms with Gasteiger partial charge in [0.25, 0.3) is 0 Å². The van der Waals surface area contributed by atoms with Crippen molar-refractivity contribution in [3.63, 3.8) is 0 Å². The summed E-state index contributed by atoms with van der Waals surface area (Å²) in [7, 11) is -3.03. The van der Waals surface area contributed by atoms with E-state index in [2.05, 4.69) is 19.2 Å². The van der Waals surface area contributed by atoms with Gasteiger partial charge in [-0.3, -0.25) is 0 Å². The first-order valence-corrected chi connectivity index (χ1v) is 7.17. The summed E-state index contributed by atoms with van der Waals surface area (Å²) in [5, 5.41) is 3.28. The van der Waals surface area contributed by atoms with Crippen molar-refractivity contribution in [3.8, 4) is 0 Å². The summed E-state index contributed by atoms with van der Waals surface area (Å²) < 4.78 is 25.5. The molecule has 15 heavy (non-hydrogen) atoms. The van der Waals surface area contributed by atoms with Crippen LogP contribution in [0.3, 0.4) is 0 Å². The predicted octanol–water partition coefficient (Wildman–Crippen LogP) is 0.658. The van der Waals surface area contributed by atoms with Crippen LogP contribution in [0.1, 0.15) is 27.2 Å². The molecule has 0 saturated carbocycles. The Kier molecular flexibility index (Phi) is 4.14. The second-order valence-electron chi connectivity index (χ2n) is 4.99. The first-order chi connectivity index (χ1) is 6.87. The van der Waals surface area contributed by atoms with Crippen LogP contribution in [0.5, 0.6) is 0 Å². The van der Waals surface area contributed by atoms with Crippen molar-refractivity contribution in [1.82, 2.24) is 9.62 Å². The third kappa shape index (κ3) is 3.74. The van der Waals surface area contributed by atoms with Gasteiger partial charge in [0, 0.05) is 26.2 Å². The zero-order valence-corrected chi connectivity index (χ0v) is 10.7. The van der Waals surface area contributed by atoms with Crippen molar-refractivity contribution in [3.05, 3.63) is 0 Å². The highest BCUT2D eigenvalue weighted by Crippen LogP contribution is 2.20. The number of sulfonamides is 1. The van der Waals surface area contributed by atoms with Crippen molar-refractivity contribution < 1.29 is 8.42 Å². The molecule has 0 atom stereocenters. The Hall–Kier alpha value is -0.130. The Balaban J connectivity index is 2.76. The lowest BCUT2D eigenvalue weighted by Gasteiger charge is -2.28. The Morgan fingerprint density at radius 2 is 2.07 bits per heavy atom. The maximum absolute atomic E-state index is 11.9. The van der Waals surface area contributed by atoms with Gasteiger partial charge < -0.3 is 5.32 Å². The Morgan fingerprint density at radius 1 is 1.40 bits per heavy atom. The van der Waals surface area contributed by atoms with Crippen LogP contribution in [0, 0.1) is 5.41 Å². The molecule has 0 amide bonds. The van der Waals surface area contributed by atoms with Crippen molar-refractivity contribution in [2.75, 3.05) is 31.9 Å². The van der Waals surface area contributed by atoms with E-state index in [-0.39, 0.29) is 11.2 Å². The third-order valence-corrected chi connectivity index (χ3v) is 4.62. The maximum atomic E-state index is 11.9. The van der Waals surface area contributed by atoms with E-state index in [4.69, 9.17) is 0 Å². The zero-order chi connectivity index (χ0) is 11.5. The van der Waals surface area contributed by atoms with E-state index >= 15 is 0 Å². The lowest BCUT2D eigenvalue weighted by molar-refractivity contribution is 0.289. The van der Waals surface area contributed by atoms with Crippen LogP contribution >= 0.6 is 0 Å². The fourth-order valence-electron chi connectivity index (χ4n) is 1.87. The van der Waals surface area contributed by atoms with Crippen LogP contribution in [0.25, 0.3) is 0 Å². The molecule has 0 aromatic heterocycles. The van der Waals surface area contributed by atoms with Gasteiger partial charge in [-0.15, -0.1) is 0 Å². The van der Waals surface area contributed by atoms with E-state index in [1.165, 1.54) is 0 Å². The van der Waals surface area contributed by atoms with E-state index in [0.29, 0.717) is 19.5 Å². The highest BCUT2D eigenvalue weighted by atomic mass is 32.2. The summed E-state index contributed by atoms with van der Waals surface area (Å²) in [6, 6.07) is 0. The van der Waals surface area contributed by atoms with E-state index in [0.717, 1.165) is 13.1 Å². The Bertz CT molecular complexity index is 299. The smallest absolute Gasteiger partial charge is 0.214 e. The minimum atomic E-state index is -3.03. The normalized spacial score (nSPS) is 23.7. The monoisotopic (exact) mass is 234 g/mol. The molecule has 1 rings (SSSR count). The lowest BCUT2D eigenvalue weighted by atomic mass is 9.94. The summed E-state index contributed by atoms with van der Waals surface area (Å²) in [4.78, 5) is 0. The average Bonchev–Trinajstić information content (AvgIpc) is 2.26. The molecule has 0 aromatic rings. The van der Waals surface area contributed by atoms with Gasteiger partial charge in [0.2, 0.25) is 10.0 Å². The zero-order valence-electron chi connectivity index (χ0n) is 9.91. The van der Waals surface area contributed by atoms with Gasteiger partial charge in [-0.1, -0.05) is 20.8 Å². The topological polar surface area (TPSA) is 49.4 Å². The Labute approximate surface area is 93.1 Å². The number of rotatable bonds is 3. The van der Waals surface area contributed by atoms with Gasteiger partial charge in [-0.05, 0) is 11.8 Å². The SMILES string of the molecule is CCCS(=O)(=O)N1CCNCC(C)(C)C1. The van der Waals surface area contributed by atoms with E-state index < -0.39 is 10.0 Å². The molecule has 0 spiro atoms. The Morgan fingerprint density at radius 3 is 2.67 bits per heavy atom. The summed E-state index contributed by atoms with van der Waals surface area (Å²) in [5.41, 5.74) is 0.0251. The molecule has 1 N–H and O–H groups in total. The fourth-order valence-corrected chi connectivity index (χ4v) is 3.56. The lowest BCUT2D eigenvalue weighted by Crippen LogP contribution is -2.40. The van der Waals surface area contributed by atoms with Crippen molar-refractivity contribution in [2.24, 2.45) is 5.41 Å². The van der Waals surface area contributed by atoms with E-state index in [1.54, 1.807) is 4.31 Å². The minimum Gasteiger partial charge on any atom is -0.315 e. The summed E-state index contributed by atoms with van der Waals surface area (Å²) >= 11 is 0.